The number of nitrogens with zero attached hydrogens (tertiary/aromatic N) is 2. The lowest BCUT2D eigenvalue weighted by atomic mass is 10.3. The topological polar surface area (TPSA) is 75.5 Å². The quantitative estimate of drug-likeness (QED) is 0.822. The Balaban J connectivity index is 2.53. The van der Waals surface area contributed by atoms with Crippen molar-refractivity contribution >= 4 is 21.5 Å². The van der Waals surface area contributed by atoms with E-state index in [2.05, 4.69) is 15.0 Å². The van der Waals surface area contributed by atoms with Crippen LogP contribution in [0.15, 0.2) is 29.4 Å². The van der Waals surface area contributed by atoms with Gasteiger partial charge < -0.3 is 5.32 Å². The Morgan fingerprint density at radius 3 is 2.76 bits per heavy atom. The molecule has 0 saturated carbocycles. The Bertz CT molecular complexity index is 709. The van der Waals surface area contributed by atoms with Crippen LogP contribution in [0.5, 0.6) is 0 Å². The van der Waals surface area contributed by atoms with E-state index in [1.165, 1.54) is 0 Å². The van der Waals surface area contributed by atoms with E-state index in [0.717, 1.165) is 12.8 Å². The zero-order valence-corrected chi connectivity index (χ0v) is 13.4. The van der Waals surface area contributed by atoms with Crippen LogP contribution in [0.3, 0.4) is 0 Å². The summed E-state index contributed by atoms with van der Waals surface area (Å²) in [4.78, 5) is 4.38. The normalized spacial score (nSPS) is 13.5. The van der Waals surface area contributed by atoms with Gasteiger partial charge in [0.1, 0.15) is 5.65 Å². The van der Waals surface area contributed by atoms with Crippen molar-refractivity contribution < 1.29 is 8.42 Å². The Labute approximate surface area is 125 Å². The van der Waals surface area contributed by atoms with Crippen molar-refractivity contribution in [2.24, 2.45) is 0 Å². The number of hydrogen-bond donors (Lipinski definition) is 2. The molecule has 0 aliphatic rings. The molecule has 1 unspecified atom stereocenters. The Kier molecular flexibility index (Phi) is 4.84. The van der Waals surface area contributed by atoms with Crippen LogP contribution >= 0.6 is 0 Å². The van der Waals surface area contributed by atoms with E-state index >= 15 is 0 Å². The molecule has 2 rings (SSSR count). The van der Waals surface area contributed by atoms with Gasteiger partial charge in [0.05, 0.1) is 0 Å². The molecule has 0 radical (unpaired) electrons. The Morgan fingerprint density at radius 2 is 2.10 bits per heavy atom. The summed E-state index contributed by atoms with van der Waals surface area (Å²) < 4.78 is 29.6. The standard InChI is InChI=1S/C14H22N4O2S/c1-4-9-15-13-14(21(19,20)17-11(3)5-2)18-10-7-6-8-12(18)16-13/h6-8,10-11,15,17H,4-5,9H2,1-3H3. The van der Waals surface area contributed by atoms with Crippen LogP contribution in [0, 0.1) is 0 Å². The molecule has 0 aromatic carbocycles. The largest absolute Gasteiger partial charge is 0.368 e. The van der Waals surface area contributed by atoms with Gasteiger partial charge in [0.2, 0.25) is 0 Å². The van der Waals surface area contributed by atoms with Crippen LogP contribution in [0.4, 0.5) is 5.82 Å². The first kappa shape index (κ1) is 15.8. The molecule has 0 bridgehead atoms. The van der Waals surface area contributed by atoms with Crippen molar-refractivity contribution in [3.8, 4) is 0 Å². The van der Waals surface area contributed by atoms with Crippen LogP contribution in [0.25, 0.3) is 5.65 Å². The number of fused-ring (bicyclic) bond motifs is 1. The fourth-order valence-corrected chi connectivity index (χ4v) is 3.59. The van der Waals surface area contributed by atoms with Crippen LogP contribution in [0.1, 0.15) is 33.6 Å². The minimum atomic E-state index is -3.63. The van der Waals surface area contributed by atoms with Gasteiger partial charge in [0.15, 0.2) is 10.8 Å². The zero-order valence-electron chi connectivity index (χ0n) is 12.6. The molecule has 0 amide bonds. The highest BCUT2D eigenvalue weighted by Crippen LogP contribution is 2.23. The molecule has 0 saturated heterocycles. The van der Waals surface area contributed by atoms with Crippen molar-refractivity contribution in [1.82, 2.24) is 14.1 Å². The summed E-state index contributed by atoms with van der Waals surface area (Å²) in [6.07, 6.45) is 3.34. The number of sulfonamides is 1. The van der Waals surface area contributed by atoms with Gasteiger partial charge in [0, 0.05) is 18.8 Å². The van der Waals surface area contributed by atoms with E-state index in [-0.39, 0.29) is 11.1 Å². The molecule has 2 N–H and O–H groups in total. The highest BCUT2D eigenvalue weighted by molar-refractivity contribution is 7.89. The van der Waals surface area contributed by atoms with Crippen molar-refractivity contribution in [1.29, 1.82) is 0 Å². The molecule has 1 atom stereocenters. The number of pyridine rings is 1. The molecule has 2 aromatic rings. The van der Waals surface area contributed by atoms with Gasteiger partial charge in [-0.3, -0.25) is 4.40 Å². The van der Waals surface area contributed by atoms with E-state index in [1.54, 1.807) is 22.7 Å². The zero-order chi connectivity index (χ0) is 15.5. The van der Waals surface area contributed by atoms with Crippen LogP contribution in [-0.2, 0) is 10.0 Å². The first-order chi connectivity index (χ1) is 9.99. The molecule has 0 fully saturated rings. The molecule has 0 spiro atoms. The maximum atomic E-state index is 12.6. The summed E-state index contributed by atoms with van der Waals surface area (Å²) >= 11 is 0. The molecule has 0 aliphatic carbocycles. The number of anilines is 1. The fraction of sp³-hybridized carbons (Fsp3) is 0.500. The number of imidazole rings is 1. The van der Waals surface area contributed by atoms with E-state index in [9.17, 15) is 8.42 Å². The van der Waals surface area contributed by atoms with E-state index in [1.807, 2.05) is 26.8 Å². The van der Waals surface area contributed by atoms with Gasteiger partial charge in [-0.2, -0.15) is 0 Å². The SMILES string of the molecule is CCCNc1nc2ccccn2c1S(=O)(=O)NC(C)CC. The third kappa shape index (κ3) is 3.36. The van der Waals surface area contributed by atoms with Gasteiger partial charge in [-0.1, -0.05) is 19.9 Å². The second-order valence-electron chi connectivity index (χ2n) is 5.05. The second-order valence-corrected chi connectivity index (χ2v) is 6.68. The molecule has 116 valence electrons. The minimum absolute atomic E-state index is 0.122. The highest BCUT2D eigenvalue weighted by atomic mass is 32.2. The number of aromatic nitrogens is 2. The Morgan fingerprint density at radius 1 is 1.33 bits per heavy atom. The molecular weight excluding hydrogens is 288 g/mol. The Hall–Kier alpha value is -1.60. The van der Waals surface area contributed by atoms with Crippen LogP contribution in [0.2, 0.25) is 0 Å². The molecule has 6 nitrogen and oxygen atoms in total. The highest BCUT2D eigenvalue weighted by Gasteiger charge is 2.26. The van der Waals surface area contributed by atoms with E-state index in [0.29, 0.717) is 18.0 Å². The first-order valence-electron chi connectivity index (χ1n) is 7.22. The average Bonchev–Trinajstić information content (AvgIpc) is 2.83. The molecule has 7 heteroatoms. The van der Waals surface area contributed by atoms with E-state index < -0.39 is 10.0 Å². The maximum Gasteiger partial charge on any atom is 0.260 e. The minimum Gasteiger partial charge on any atom is -0.368 e. The summed E-state index contributed by atoms with van der Waals surface area (Å²) in [6, 6.07) is 5.30. The summed E-state index contributed by atoms with van der Waals surface area (Å²) in [7, 11) is -3.63. The molecule has 2 aromatic heterocycles. The van der Waals surface area contributed by atoms with Crippen molar-refractivity contribution in [3.63, 3.8) is 0 Å². The second kappa shape index (κ2) is 6.44. The average molecular weight is 310 g/mol. The number of hydrogen-bond acceptors (Lipinski definition) is 4. The summed E-state index contributed by atoms with van der Waals surface area (Å²) in [5.74, 6) is 0.402. The van der Waals surface area contributed by atoms with Crippen LogP contribution < -0.4 is 10.0 Å². The van der Waals surface area contributed by atoms with Crippen molar-refractivity contribution in [2.75, 3.05) is 11.9 Å². The summed E-state index contributed by atoms with van der Waals surface area (Å²) in [6.45, 7) is 6.49. The predicted molar refractivity (Wildman–Crippen MR) is 84.0 cm³/mol. The molecule has 2 heterocycles. The van der Waals surface area contributed by atoms with Crippen LogP contribution in [-0.4, -0.2) is 30.4 Å². The van der Waals surface area contributed by atoms with Gasteiger partial charge in [-0.05, 0) is 31.9 Å². The lowest BCUT2D eigenvalue weighted by Gasteiger charge is -2.13. The molecule has 21 heavy (non-hydrogen) atoms. The summed E-state index contributed by atoms with van der Waals surface area (Å²) in [5.41, 5.74) is 0.612. The lowest BCUT2D eigenvalue weighted by molar-refractivity contribution is 0.552. The van der Waals surface area contributed by atoms with Gasteiger partial charge in [-0.15, -0.1) is 0 Å². The van der Waals surface area contributed by atoms with Gasteiger partial charge >= 0.3 is 0 Å². The van der Waals surface area contributed by atoms with Crippen molar-refractivity contribution in [2.45, 2.75) is 44.7 Å². The van der Waals surface area contributed by atoms with Crippen molar-refractivity contribution in [3.05, 3.63) is 24.4 Å². The maximum absolute atomic E-state index is 12.6. The summed E-state index contributed by atoms with van der Waals surface area (Å²) in [5, 5.41) is 3.27. The monoisotopic (exact) mass is 310 g/mol. The van der Waals surface area contributed by atoms with Gasteiger partial charge in [0.25, 0.3) is 10.0 Å². The first-order valence-corrected chi connectivity index (χ1v) is 8.71. The lowest BCUT2D eigenvalue weighted by Crippen LogP contribution is -2.33. The third-order valence-corrected chi connectivity index (χ3v) is 4.86. The molecule has 0 aliphatic heterocycles. The number of nitrogens with one attached hydrogen (secondary N) is 2. The predicted octanol–water partition coefficient (Wildman–Crippen LogP) is 2.23. The smallest absolute Gasteiger partial charge is 0.260 e. The molecular formula is C14H22N4O2S. The van der Waals surface area contributed by atoms with E-state index in [4.69, 9.17) is 0 Å². The number of rotatable bonds is 7. The fourth-order valence-electron chi connectivity index (χ4n) is 1.99. The van der Waals surface area contributed by atoms with Gasteiger partial charge in [-0.25, -0.2) is 18.1 Å². The third-order valence-electron chi connectivity index (χ3n) is 3.25.